The SMILES string of the molecule is Cc1[nH]c2ccccc2c1-c1ccnc2ccccc12. The molecule has 20 heavy (non-hydrogen) atoms. The molecule has 0 amide bonds. The number of aromatic amines is 1. The van der Waals surface area contributed by atoms with Gasteiger partial charge in [-0.1, -0.05) is 36.4 Å². The first-order chi connectivity index (χ1) is 9.84. The molecule has 0 spiro atoms. The number of pyridine rings is 1. The number of benzene rings is 2. The van der Waals surface area contributed by atoms with Gasteiger partial charge in [-0.3, -0.25) is 4.98 Å². The van der Waals surface area contributed by atoms with Crippen molar-refractivity contribution in [1.29, 1.82) is 0 Å². The van der Waals surface area contributed by atoms with Gasteiger partial charge >= 0.3 is 0 Å². The fourth-order valence-electron chi connectivity index (χ4n) is 2.94. The molecular weight excluding hydrogens is 244 g/mol. The summed E-state index contributed by atoms with van der Waals surface area (Å²) in [6, 6.07) is 18.8. The van der Waals surface area contributed by atoms with Gasteiger partial charge in [-0.15, -0.1) is 0 Å². The summed E-state index contributed by atoms with van der Waals surface area (Å²) in [5.41, 5.74) is 5.93. The van der Waals surface area contributed by atoms with Gasteiger partial charge in [0.15, 0.2) is 0 Å². The molecule has 1 N–H and O–H groups in total. The van der Waals surface area contributed by atoms with Gasteiger partial charge in [0.1, 0.15) is 0 Å². The fraction of sp³-hybridized carbons (Fsp3) is 0.0556. The Morgan fingerprint density at radius 1 is 0.850 bits per heavy atom. The van der Waals surface area contributed by atoms with Crippen LogP contribution < -0.4 is 0 Å². The van der Waals surface area contributed by atoms with Crippen LogP contribution in [-0.4, -0.2) is 9.97 Å². The molecule has 0 saturated carbocycles. The number of aromatic nitrogens is 2. The van der Waals surface area contributed by atoms with Gasteiger partial charge in [-0.2, -0.15) is 0 Å². The Balaban J connectivity index is 2.14. The normalized spacial score (nSPS) is 11.2. The molecule has 0 aliphatic rings. The van der Waals surface area contributed by atoms with Crippen LogP contribution in [0, 0.1) is 6.92 Å². The van der Waals surface area contributed by atoms with E-state index in [0.717, 1.165) is 5.52 Å². The largest absolute Gasteiger partial charge is 0.358 e. The molecule has 2 aromatic heterocycles. The number of nitrogens with zero attached hydrogens (tertiary/aromatic N) is 1. The summed E-state index contributed by atoms with van der Waals surface area (Å²) in [6.07, 6.45) is 1.89. The lowest BCUT2D eigenvalue weighted by molar-refractivity contribution is 1.30. The van der Waals surface area contributed by atoms with Crippen LogP contribution in [0.5, 0.6) is 0 Å². The first-order valence-electron chi connectivity index (χ1n) is 6.76. The van der Waals surface area contributed by atoms with Crippen molar-refractivity contribution in [3.8, 4) is 11.1 Å². The third kappa shape index (κ3) is 1.55. The van der Waals surface area contributed by atoms with E-state index in [0.29, 0.717) is 0 Å². The van der Waals surface area contributed by atoms with Crippen LogP contribution in [0.15, 0.2) is 60.8 Å². The summed E-state index contributed by atoms with van der Waals surface area (Å²) >= 11 is 0. The molecule has 2 aromatic carbocycles. The average molecular weight is 258 g/mol. The minimum Gasteiger partial charge on any atom is -0.358 e. The molecule has 4 rings (SSSR count). The number of hydrogen-bond acceptors (Lipinski definition) is 1. The van der Waals surface area contributed by atoms with Crippen LogP contribution in [0.25, 0.3) is 32.9 Å². The molecule has 0 atom stereocenters. The lowest BCUT2D eigenvalue weighted by Gasteiger charge is -2.06. The van der Waals surface area contributed by atoms with Gasteiger partial charge in [-0.25, -0.2) is 0 Å². The summed E-state index contributed by atoms with van der Waals surface area (Å²) < 4.78 is 0. The minimum absolute atomic E-state index is 1.04. The highest BCUT2D eigenvalue weighted by Crippen LogP contribution is 2.35. The molecule has 0 bridgehead atoms. The van der Waals surface area contributed by atoms with Gasteiger partial charge in [0.05, 0.1) is 5.52 Å². The molecular formula is C18H14N2. The van der Waals surface area contributed by atoms with Crippen LogP contribution in [0.4, 0.5) is 0 Å². The maximum Gasteiger partial charge on any atom is 0.0708 e. The predicted octanol–water partition coefficient (Wildman–Crippen LogP) is 4.69. The fourth-order valence-corrected chi connectivity index (χ4v) is 2.94. The predicted molar refractivity (Wildman–Crippen MR) is 83.8 cm³/mol. The summed E-state index contributed by atoms with van der Waals surface area (Å²) in [4.78, 5) is 7.92. The number of fused-ring (bicyclic) bond motifs is 2. The molecule has 4 aromatic rings. The monoisotopic (exact) mass is 258 g/mol. The number of H-pyrrole nitrogens is 1. The second-order valence-electron chi connectivity index (χ2n) is 5.05. The topological polar surface area (TPSA) is 28.7 Å². The van der Waals surface area contributed by atoms with E-state index < -0.39 is 0 Å². The molecule has 0 aliphatic carbocycles. The van der Waals surface area contributed by atoms with E-state index in [9.17, 15) is 0 Å². The quantitative estimate of drug-likeness (QED) is 0.527. The van der Waals surface area contributed by atoms with Crippen LogP contribution in [-0.2, 0) is 0 Å². The molecule has 2 nitrogen and oxygen atoms in total. The van der Waals surface area contributed by atoms with Crippen molar-refractivity contribution in [2.24, 2.45) is 0 Å². The molecule has 96 valence electrons. The molecule has 0 unspecified atom stereocenters. The van der Waals surface area contributed by atoms with Gasteiger partial charge < -0.3 is 4.98 Å². The summed E-state index contributed by atoms with van der Waals surface area (Å²) in [5.74, 6) is 0. The van der Waals surface area contributed by atoms with Crippen molar-refractivity contribution in [3.63, 3.8) is 0 Å². The highest BCUT2D eigenvalue weighted by atomic mass is 14.7. The average Bonchev–Trinajstić information content (AvgIpc) is 2.82. The van der Waals surface area contributed by atoms with E-state index in [4.69, 9.17) is 0 Å². The minimum atomic E-state index is 1.04. The van der Waals surface area contributed by atoms with E-state index in [1.54, 1.807) is 0 Å². The highest BCUT2D eigenvalue weighted by molar-refractivity contribution is 6.05. The van der Waals surface area contributed by atoms with Crippen molar-refractivity contribution in [2.75, 3.05) is 0 Å². The van der Waals surface area contributed by atoms with E-state index in [-0.39, 0.29) is 0 Å². The lowest BCUT2D eigenvalue weighted by Crippen LogP contribution is -1.85. The van der Waals surface area contributed by atoms with Gasteiger partial charge in [-0.05, 0) is 30.7 Å². The smallest absolute Gasteiger partial charge is 0.0708 e. The van der Waals surface area contributed by atoms with Crippen LogP contribution in [0.2, 0.25) is 0 Å². The van der Waals surface area contributed by atoms with Crippen molar-refractivity contribution < 1.29 is 0 Å². The van der Waals surface area contributed by atoms with E-state index in [2.05, 4.69) is 65.4 Å². The summed E-state index contributed by atoms with van der Waals surface area (Å²) in [7, 11) is 0. The Kier molecular flexibility index (Phi) is 2.36. The van der Waals surface area contributed by atoms with Gasteiger partial charge in [0.2, 0.25) is 0 Å². The second kappa shape index (κ2) is 4.20. The van der Waals surface area contributed by atoms with Crippen molar-refractivity contribution in [1.82, 2.24) is 9.97 Å². The number of aryl methyl sites for hydroxylation is 1. The van der Waals surface area contributed by atoms with Gasteiger partial charge in [0.25, 0.3) is 0 Å². The Morgan fingerprint density at radius 3 is 2.50 bits per heavy atom. The maximum atomic E-state index is 4.45. The standard InChI is InChI=1S/C18H14N2/c1-12-18(15-7-3-5-9-17(15)20-12)14-10-11-19-16-8-4-2-6-13(14)16/h2-11,20H,1H3. The number of rotatable bonds is 1. The number of para-hydroxylation sites is 2. The lowest BCUT2D eigenvalue weighted by atomic mass is 9.99. The third-order valence-electron chi connectivity index (χ3n) is 3.81. The zero-order valence-electron chi connectivity index (χ0n) is 11.2. The Bertz CT molecular complexity index is 914. The van der Waals surface area contributed by atoms with E-state index >= 15 is 0 Å². The summed E-state index contributed by atoms with van der Waals surface area (Å²) in [6.45, 7) is 2.13. The van der Waals surface area contributed by atoms with Crippen molar-refractivity contribution in [3.05, 3.63) is 66.5 Å². The molecule has 0 aliphatic heterocycles. The second-order valence-corrected chi connectivity index (χ2v) is 5.05. The highest BCUT2D eigenvalue weighted by Gasteiger charge is 2.12. The zero-order chi connectivity index (χ0) is 13.5. The Morgan fingerprint density at radius 2 is 1.60 bits per heavy atom. The van der Waals surface area contributed by atoms with Crippen LogP contribution in [0.1, 0.15) is 5.69 Å². The molecule has 2 heteroatoms. The first kappa shape index (κ1) is 11.2. The van der Waals surface area contributed by atoms with Crippen LogP contribution >= 0.6 is 0 Å². The first-order valence-corrected chi connectivity index (χ1v) is 6.76. The molecule has 0 radical (unpaired) electrons. The molecule has 2 heterocycles. The molecule has 0 fully saturated rings. The number of nitrogens with one attached hydrogen (secondary N) is 1. The van der Waals surface area contributed by atoms with Crippen LogP contribution in [0.3, 0.4) is 0 Å². The number of hydrogen-bond donors (Lipinski definition) is 1. The van der Waals surface area contributed by atoms with Crippen molar-refractivity contribution in [2.45, 2.75) is 6.92 Å². The van der Waals surface area contributed by atoms with Gasteiger partial charge in [0, 0.05) is 33.7 Å². The molecule has 0 saturated heterocycles. The zero-order valence-corrected chi connectivity index (χ0v) is 11.2. The Labute approximate surface area is 117 Å². The Hall–Kier alpha value is -2.61. The third-order valence-corrected chi connectivity index (χ3v) is 3.81. The summed E-state index contributed by atoms with van der Waals surface area (Å²) in [5, 5.41) is 2.46. The van der Waals surface area contributed by atoms with E-state index in [1.807, 2.05) is 12.3 Å². The van der Waals surface area contributed by atoms with Crippen molar-refractivity contribution >= 4 is 21.8 Å². The van der Waals surface area contributed by atoms with E-state index in [1.165, 1.54) is 33.1 Å². The maximum absolute atomic E-state index is 4.45.